The lowest BCUT2D eigenvalue weighted by Crippen LogP contribution is -2.60. The van der Waals surface area contributed by atoms with Gasteiger partial charge in [0.2, 0.25) is 5.79 Å². The first kappa shape index (κ1) is 15.9. The third-order valence-electron chi connectivity index (χ3n) is 4.80. The zero-order valence-corrected chi connectivity index (χ0v) is 12.8. The maximum absolute atomic E-state index is 9.56. The summed E-state index contributed by atoms with van der Waals surface area (Å²) in [6.45, 7) is 1.23. The fourth-order valence-electron chi connectivity index (χ4n) is 3.25. The minimum absolute atomic E-state index is 0.0824. The second kappa shape index (κ2) is 6.64. The highest BCUT2D eigenvalue weighted by atomic mass is 16.7. The van der Waals surface area contributed by atoms with E-state index in [1.807, 2.05) is 30.3 Å². The molecule has 2 aliphatic rings. The molecule has 5 nitrogen and oxygen atoms in total. The van der Waals surface area contributed by atoms with Crippen LogP contribution in [0.4, 0.5) is 0 Å². The van der Waals surface area contributed by atoms with Crippen LogP contribution in [0, 0.1) is 5.41 Å². The lowest BCUT2D eigenvalue weighted by molar-refractivity contribution is -0.334. The number of aliphatic hydroxyl groups excluding tert-OH is 2. The molecule has 0 aromatic heterocycles. The molecule has 0 unspecified atom stereocenters. The minimum atomic E-state index is -0.838. The molecule has 3 rings (SSSR count). The Bertz CT molecular complexity index is 459. The molecule has 122 valence electrons. The van der Waals surface area contributed by atoms with E-state index in [0.717, 1.165) is 24.9 Å². The van der Waals surface area contributed by atoms with Gasteiger partial charge in [0.25, 0.3) is 0 Å². The van der Waals surface area contributed by atoms with Gasteiger partial charge in [-0.3, -0.25) is 0 Å². The van der Waals surface area contributed by atoms with Crippen molar-refractivity contribution in [2.24, 2.45) is 5.41 Å². The van der Waals surface area contributed by atoms with Crippen molar-refractivity contribution >= 4 is 0 Å². The van der Waals surface area contributed by atoms with Gasteiger partial charge in [-0.05, 0) is 19.4 Å². The van der Waals surface area contributed by atoms with Crippen molar-refractivity contribution < 1.29 is 19.7 Å². The van der Waals surface area contributed by atoms with E-state index in [-0.39, 0.29) is 32.5 Å². The minimum Gasteiger partial charge on any atom is -0.396 e. The summed E-state index contributed by atoms with van der Waals surface area (Å²) in [6, 6.07) is 10.0. The van der Waals surface area contributed by atoms with E-state index in [4.69, 9.17) is 9.47 Å². The van der Waals surface area contributed by atoms with Crippen LogP contribution in [0.2, 0.25) is 0 Å². The van der Waals surface area contributed by atoms with Crippen LogP contribution in [0.5, 0.6) is 0 Å². The van der Waals surface area contributed by atoms with Crippen LogP contribution in [0.25, 0.3) is 0 Å². The summed E-state index contributed by atoms with van der Waals surface area (Å²) in [4.78, 5) is 0. The fraction of sp³-hybridized carbons (Fsp3) is 0.647. The van der Waals surface area contributed by atoms with Crippen LogP contribution in [0.3, 0.4) is 0 Å². The van der Waals surface area contributed by atoms with Crippen molar-refractivity contribution in [3.05, 3.63) is 35.9 Å². The zero-order valence-electron chi connectivity index (χ0n) is 12.8. The third-order valence-corrected chi connectivity index (χ3v) is 4.80. The van der Waals surface area contributed by atoms with Gasteiger partial charge in [-0.25, -0.2) is 0 Å². The average molecular weight is 307 g/mol. The van der Waals surface area contributed by atoms with Crippen LogP contribution in [0.1, 0.15) is 24.8 Å². The predicted octanol–water partition coefficient (Wildman–Crippen LogP) is 0.999. The second-order valence-corrected chi connectivity index (χ2v) is 6.43. The van der Waals surface area contributed by atoms with Gasteiger partial charge in [-0.1, -0.05) is 36.8 Å². The van der Waals surface area contributed by atoms with E-state index >= 15 is 0 Å². The van der Waals surface area contributed by atoms with Crippen LogP contribution in [0.15, 0.2) is 30.3 Å². The molecule has 0 amide bonds. The molecule has 0 spiro atoms. The maximum Gasteiger partial charge on any atom is 0.210 e. The molecule has 2 saturated heterocycles. The van der Waals surface area contributed by atoms with Crippen LogP contribution >= 0.6 is 0 Å². The van der Waals surface area contributed by atoms with Gasteiger partial charge in [0.05, 0.1) is 37.9 Å². The maximum atomic E-state index is 9.56. The monoisotopic (exact) mass is 307 g/mol. The summed E-state index contributed by atoms with van der Waals surface area (Å²) in [7, 11) is 0. The van der Waals surface area contributed by atoms with E-state index in [1.165, 1.54) is 6.42 Å². The summed E-state index contributed by atoms with van der Waals surface area (Å²) in [5.41, 5.74) is 0.270. The van der Waals surface area contributed by atoms with Crippen molar-refractivity contribution in [2.75, 3.05) is 33.0 Å². The van der Waals surface area contributed by atoms with E-state index in [9.17, 15) is 10.2 Å². The zero-order chi connectivity index (χ0) is 15.5. The van der Waals surface area contributed by atoms with Crippen LogP contribution < -0.4 is 5.32 Å². The molecule has 1 aromatic carbocycles. The van der Waals surface area contributed by atoms with E-state index in [0.29, 0.717) is 0 Å². The Morgan fingerprint density at radius 2 is 1.73 bits per heavy atom. The first-order chi connectivity index (χ1) is 10.7. The molecule has 0 aliphatic carbocycles. The Balaban J connectivity index is 1.89. The number of benzene rings is 1. The molecule has 0 bridgehead atoms. The third kappa shape index (κ3) is 2.79. The Morgan fingerprint density at radius 1 is 1.05 bits per heavy atom. The summed E-state index contributed by atoms with van der Waals surface area (Å²) in [6.07, 6.45) is 3.29. The van der Waals surface area contributed by atoms with Crippen molar-refractivity contribution in [2.45, 2.75) is 31.1 Å². The largest absolute Gasteiger partial charge is 0.396 e. The highest BCUT2D eigenvalue weighted by Crippen LogP contribution is 2.41. The number of rotatable bonds is 4. The summed E-state index contributed by atoms with van der Waals surface area (Å²) >= 11 is 0. The molecule has 2 aliphatic heterocycles. The van der Waals surface area contributed by atoms with Crippen molar-refractivity contribution in [1.29, 1.82) is 0 Å². The second-order valence-electron chi connectivity index (χ2n) is 6.43. The lowest BCUT2D eigenvalue weighted by atomic mass is 9.86. The topological polar surface area (TPSA) is 71.0 Å². The number of ether oxygens (including phenoxy) is 2. The Hall–Kier alpha value is -0.980. The first-order valence-corrected chi connectivity index (χ1v) is 8.03. The molecule has 0 radical (unpaired) electrons. The number of aliphatic hydroxyl groups is 2. The molecule has 22 heavy (non-hydrogen) atoms. The quantitative estimate of drug-likeness (QED) is 0.774. The normalized spacial score (nSPS) is 27.5. The molecule has 5 heteroatoms. The number of piperidine rings is 1. The summed E-state index contributed by atoms with van der Waals surface area (Å²) in [5.74, 6) is -0.838. The molecular weight excluding hydrogens is 282 g/mol. The highest BCUT2D eigenvalue weighted by Gasteiger charge is 2.50. The first-order valence-electron chi connectivity index (χ1n) is 8.03. The Morgan fingerprint density at radius 3 is 2.27 bits per heavy atom. The smallest absolute Gasteiger partial charge is 0.210 e. The Labute approximate surface area is 131 Å². The molecule has 1 aromatic rings. The number of hydrogen-bond donors (Lipinski definition) is 3. The molecular formula is C17H25NO4. The van der Waals surface area contributed by atoms with E-state index in [1.54, 1.807) is 0 Å². The van der Waals surface area contributed by atoms with Crippen molar-refractivity contribution in [1.82, 2.24) is 5.32 Å². The van der Waals surface area contributed by atoms with Gasteiger partial charge in [-0.2, -0.15) is 0 Å². The fourth-order valence-corrected chi connectivity index (χ4v) is 3.25. The van der Waals surface area contributed by atoms with Gasteiger partial charge in [0, 0.05) is 5.56 Å². The summed E-state index contributed by atoms with van der Waals surface area (Å²) in [5, 5.41) is 22.6. The van der Waals surface area contributed by atoms with Crippen LogP contribution in [-0.4, -0.2) is 49.2 Å². The van der Waals surface area contributed by atoms with E-state index < -0.39 is 11.2 Å². The van der Waals surface area contributed by atoms with Crippen molar-refractivity contribution in [3.63, 3.8) is 0 Å². The van der Waals surface area contributed by atoms with Crippen molar-refractivity contribution in [3.8, 4) is 0 Å². The van der Waals surface area contributed by atoms with Gasteiger partial charge in [0.15, 0.2) is 0 Å². The van der Waals surface area contributed by atoms with Gasteiger partial charge >= 0.3 is 0 Å². The Kier molecular flexibility index (Phi) is 4.80. The molecule has 2 fully saturated rings. The standard InChI is InChI=1S/C17H25NO4/c19-10-16(11-20)12-21-17(22-13-16,14-6-2-1-3-7-14)15-8-4-5-9-18-15/h1-3,6-7,15,18-20H,4-5,8-13H2/t15-/m1/s1. The van der Waals surface area contributed by atoms with Gasteiger partial charge in [-0.15, -0.1) is 0 Å². The molecule has 0 saturated carbocycles. The number of nitrogens with one attached hydrogen (secondary N) is 1. The average Bonchev–Trinajstić information content (AvgIpc) is 2.63. The van der Waals surface area contributed by atoms with Gasteiger partial charge < -0.3 is 25.0 Å². The SMILES string of the molecule is OCC1(CO)COC(c2ccccc2)([C@H]2CCCCN2)OC1. The van der Waals surface area contributed by atoms with Crippen LogP contribution in [-0.2, 0) is 15.3 Å². The lowest BCUT2D eigenvalue weighted by Gasteiger charge is -2.49. The number of hydrogen-bond acceptors (Lipinski definition) is 5. The highest BCUT2D eigenvalue weighted by molar-refractivity contribution is 5.23. The van der Waals surface area contributed by atoms with Gasteiger partial charge in [0.1, 0.15) is 0 Å². The van der Waals surface area contributed by atoms with E-state index in [2.05, 4.69) is 5.32 Å². The molecule has 1 atom stereocenters. The molecule has 2 heterocycles. The predicted molar refractivity (Wildman–Crippen MR) is 82.3 cm³/mol. The summed E-state index contributed by atoms with van der Waals surface area (Å²) < 4.78 is 12.4. The molecule has 3 N–H and O–H groups in total.